The van der Waals surface area contributed by atoms with Gasteiger partial charge in [0.25, 0.3) is 5.03 Å². The number of rotatable bonds is 2. The number of alkyl halides is 6. The van der Waals surface area contributed by atoms with Gasteiger partial charge in [0.15, 0.2) is 0 Å². The van der Waals surface area contributed by atoms with E-state index >= 15 is 0 Å². The topological polar surface area (TPSA) is 40.9 Å². The van der Waals surface area contributed by atoms with Crippen molar-refractivity contribution in [1.82, 2.24) is 9.55 Å². The van der Waals surface area contributed by atoms with Crippen molar-refractivity contribution in [2.24, 2.45) is 0 Å². The number of aromatic nitrogens is 2. The largest absolute Gasteiger partial charge is 0.603 e. The van der Waals surface area contributed by atoms with Crippen LogP contribution in [0.2, 0.25) is 15.3 Å². The molecule has 0 aliphatic carbocycles. The highest BCUT2D eigenvalue weighted by molar-refractivity contribution is 7.92. The minimum Gasteiger partial charge on any atom is -0.603 e. The van der Waals surface area contributed by atoms with Crippen molar-refractivity contribution in [3.63, 3.8) is 0 Å². The average Bonchev–Trinajstić information content (AvgIpc) is 2.77. The Balaban J connectivity index is 2.56. The first-order chi connectivity index (χ1) is 10.8. The van der Waals surface area contributed by atoms with Crippen molar-refractivity contribution in [1.29, 1.82) is 0 Å². The van der Waals surface area contributed by atoms with Gasteiger partial charge in [-0.1, -0.05) is 23.2 Å². The average molecular weight is 432 g/mol. The van der Waals surface area contributed by atoms with E-state index in [1.807, 2.05) is 0 Å². The van der Waals surface area contributed by atoms with Crippen LogP contribution in [0.3, 0.4) is 0 Å². The fourth-order valence-electron chi connectivity index (χ4n) is 1.66. The molecule has 0 aliphatic heterocycles. The highest BCUT2D eigenvalue weighted by Crippen LogP contribution is 2.39. The third-order valence-corrected chi connectivity index (χ3v) is 4.47. The molecule has 0 saturated heterocycles. The van der Waals surface area contributed by atoms with Crippen molar-refractivity contribution >= 4 is 46.0 Å². The zero-order valence-electron chi connectivity index (χ0n) is 10.8. The summed E-state index contributed by atoms with van der Waals surface area (Å²) >= 11 is 13.7. The number of nitrogens with zero attached hydrogens (tertiary/aromatic N) is 2. The molecular formula is C11H3Cl3F6N2OS. The van der Waals surface area contributed by atoms with Gasteiger partial charge >= 0.3 is 11.7 Å². The zero-order valence-corrected chi connectivity index (χ0v) is 13.9. The maximum absolute atomic E-state index is 12.7. The Morgan fingerprint density at radius 1 is 1.00 bits per heavy atom. The second kappa shape index (κ2) is 6.49. The third kappa shape index (κ3) is 3.88. The molecule has 24 heavy (non-hydrogen) atoms. The molecule has 0 radical (unpaired) electrons. The molecule has 1 aromatic heterocycles. The minimum absolute atomic E-state index is 0.325. The Morgan fingerprint density at radius 3 is 1.92 bits per heavy atom. The summed E-state index contributed by atoms with van der Waals surface area (Å²) in [6, 6.07) is 1.05. The highest BCUT2D eigenvalue weighted by atomic mass is 35.5. The monoisotopic (exact) mass is 430 g/mol. The summed E-state index contributed by atoms with van der Waals surface area (Å²) in [5.74, 6) is 0. The molecule has 0 fully saturated rings. The quantitative estimate of drug-likeness (QED) is 0.467. The predicted molar refractivity (Wildman–Crippen MR) is 76.1 cm³/mol. The highest BCUT2D eigenvalue weighted by Gasteiger charge is 2.48. The van der Waals surface area contributed by atoms with Gasteiger partial charge in [-0.3, -0.25) is 4.57 Å². The fraction of sp³-hybridized carbons (Fsp3) is 0.182. The van der Waals surface area contributed by atoms with Crippen LogP contribution in [0.4, 0.5) is 26.3 Å². The summed E-state index contributed by atoms with van der Waals surface area (Å²) in [5, 5.41) is -2.61. The first-order valence-corrected chi connectivity index (χ1v) is 7.91. The standard InChI is InChI=1S/C11H3Cl3F6N2OS/c12-5-1-4(10(15,16)17)2-6(13)8(5)22-3-7(21-9(22)14)24(23)11(18,19)20/h1-3H. The summed E-state index contributed by atoms with van der Waals surface area (Å²) in [6.45, 7) is 0. The van der Waals surface area contributed by atoms with Crippen LogP contribution >= 0.6 is 34.8 Å². The Bertz CT molecular complexity index is 753. The molecule has 2 rings (SSSR count). The molecular weight excluding hydrogens is 429 g/mol. The molecule has 1 aromatic carbocycles. The molecule has 0 N–H and O–H groups in total. The zero-order chi connectivity index (χ0) is 18.4. The summed E-state index contributed by atoms with van der Waals surface area (Å²) in [6.07, 6.45) is -4.10. The van der Waals surface area contributed by atoms with Crippen LogP contribution in [0, 0.1) is 0 Å². The van der Waals surface area contributed by atoms with Gasteiger partial charge in [0, 0.05) is 0 Å². The van der Waals surface area contributed by atoms with E-state index in [2.05, 4.69) is 4.98 Å². The molecule has 2 aromatic rings. The van der Waals surface area contributed by atoms with E-state index < -0.39 is 48.8 Å². The number of imidazole rings is 1. The molecule has 0 spiro atoms. The van der Waals surface area contributed by atoms with Gasteiger partial charge in [-0.2, -0.15) is 18.2 Å². The van der Waals surface area contributed by atoms with Crippen LogP contribution < -0.4 is 0 Å². The Morgan fingerprint density at radius 2 is 1.50 bits per heavy atom. The summed E-state index contributed by atoms with van der Waals surface area (Å²) < 4.78 is 87.3. The van der Waals surface area contributed by atoms with Gasteiger partial charge in [-0.25, -0.2) is 0 Å². The van der Waals surface area contributed by atoms with Crippen molar-refractivity contribution in [2.45, 2.75) is 16.7 Å². The summed E-state index contributed by atoms with van der Waals surface area (Å²) in [4.78, 5) is 3.28. The van der Waals surface area contributed by atoms with Gasteiger partial charge in [0.1, 0.15) is 11.2 Å². The second-order valence-electron chi connectivity index (χ2n) is 4.22. The van der Waals surface area contributed by atoms with Gasteiger partial charge in [-0.15, -0.1) is 13.2 Å². The van der Waals surface area contributed by atoms with Gasteiger partial charge in [0.05, 0.1) is 27.5 Å². The number of halogens is 9. The lowest BCUT2D eigenvalue weighted by atomic mass is 10.2. The maximum atomic E-state index is 12.7. The van der Waals surface area contributed by atoms with E-state index in [-0.39, 0.29) is 5.69 Å². The third-order valence-electron chi connectivity index (χ3n) is 2.63. The molecule has 0 bridgehead atoms. The summed E-state index contributed by atoms with van der Waals surface area (Å²) in [5.41, 5.74) is -6.57. The lowest BCUT2D eigenvalue weighted by molar-refractivity contribution is -0.137. The van der Waals surface area contributed by atoms with Gasteiger partial charge in [-0.05, 0) is 23.7 Å². The molecule has 1 heterocycles. The maximum Gasteiger partial charge on any atom is 0.579 e. The lowest BCUT2D eigenvalue weighted by Crippen LogP contribution is -2.23. The minimum atomic E-state index is -5.09. The van der Waals surface area contributed by atoms with Crippen LogP contribution in [-0.4, -0.2) is 19.6 Å². The van der Waals surface area contributed by atoms with E-state index in [1.165, 1.54) is 0 Å². The Hall–Kier alpha value is -0.810. The summed E-state index contributed by atoms with van der Waals surface area (Å²) in [7, 11) is 0. The molecule has 13 heteroatoms. The van der Waals surface area contributed by atoms with Crippen molar-refractivity contribution in [3.8, 4) is 5.69 Å². The first kappa shape index (κ1) is 19.5. The first-order valence-electron chi connectivity index (χ1n) is 5.62. The lowest BCUT2D eigenvalue weighted by Gasteiger charge is -2.13. The van der Waals surface area contributed by atoms with E-state index in [9.17, 15) is 30.9 Å². The van der Waals surface area contributed by atoms with Crippen LogP contribution in [0.15, 0.2) is 23.4 Å². The van der Waals surface area contributed by atoms with Gasteiger partial charge < -0.3 is 4.55 Å². The molecule has 0 saturated carbocycles. The van der Waals surface area contributed by atoms with Crippen LogP contribution in [0.25, 0.3) is 5.69 Å². The van der Waals surface area contributed by atoms with Crippen LogP contribution in [0.1, 0.15) is 5.56 Å². The van der Waals surface area contributed by atoms with Crippen molar-refractivity contribution in [2.75, 3.05) is 0 Å². The predicted octanol–water partition coefficient (Wildman–Crippen LogP) is 5.48. The van der Waals surface area contributed by atoms with Gasteiger partial charge in [0.2, 0.25) is 5.28 Å². The van der Waals surface area contributed by atoms with Crippen LogP contribution in [-0.2, 0) is 17.4 Å². The normalized spacial score (nSPS) is 14.1. The number of hydrogen-bond acceptors (Lipinski definition) is 2. The molecule has 1 unspecified atom stereocenters. The fourth-order valence-corrected chi connectivity index (χ4v) is 3.21. The van der Waals surface area contributed by atoms with E-state index in [0.29, 0.717) is 22.9 Å². The number of benzene rings is 1. The molecule has 1 atom stereocenters. The van der Waals surface area contributed by atoms with E-state index in [0.717, 1.165) is 0 Å². The van der Waals surface area contributed by atoms with Crippen LogP contribution in [0.5, 0.6) is 0 Å². The molecule has 132 valence electrons. The van der Waals surface area contributed by atoms with Crippen molar-refractivity contribution < 1.29 is 30.9 Å². The Kier molecular flexibility index (Phi) is 5.27. The molecule has 0 amide bonds. The second-order valence-corrected chi connectivity index (χ2v) is 6.79. The number of hydrogen-bond donors (Lipinski definition) is 0. The smallest absolute Gasteiger partial charge is 0.579 e. The van der Waals surface area contributed by atoms with E-state index in [4.69, 9.17) is 34.8 Å². The van der Waals surface area contributed by atoms with E-state index in [1.54, 1.807) is 0 Å². The SMILES string of the molecule is [O-][S+](c1cn(-c2c(Cl)cc(C(F)(F)F)cc2Cl)c(Cl)n1)C(F)(F)F. The molecule has 3 nitrogen and oxygen atoms in total. The van der Waals surface area contributed by atoms with Crippen molar-refractivity contribution in [3.05, 3.63) is 39.2 Å². The molecule has 0 aliphatic rings. The Labute approximate surface area is 148 Å².